The highest BCUT2D eigenvalue weighted by molar-refractivity contribution is 6.00. The molecule has 23 heavy (non-hydrogen) atoms. The van der Waals surface area contributed by atoms with Crippen molar-refractivity contribution >= 4 is 17.3 Å². The normalized spacial score (nSPS) is 18.0. The van der Waals surface area contributed by atoms with E-state index >= 15 is 0 Å². The Bertz CT molecular complexity index is 523. The molecule has 0 aliphatic carbocycles. The summed E-state index contributed by atoms with van der Waals surface area (Å²) in [6, 6.07) is 5.78. The molecular formula is C19H31N3O. The van der Waals surface area contributed by atoms with Crippen LogP contribution in [0.5, 0.6) is 0 Å². The molecule has 1 amide bonds. The number of hydrogen-bond donors (Lipinski definition) is 1. The summed E-state index contributed by atoms with van der Waals surface area (Å²) in [5, 5.41) is 0. The van der Waals surface area contributed by atoms with Gasteiger partial charge in [0.1, 0.15) is 0 Å². The summed E-state index contributed by atoms with van der Waals surface area (Å²) in [6.45, 7) is 10.2. The fourth-order valence-electron chi connectivity index (χ4n) is 3.44. The van der Waals surface area contributed by atoms with Crippen LogP contribution in [0.1, 0.15) is 56.8 Å². The molecule has 1 aliphatic heterocycles. The zero-order valence-corrected chi connectivity index (χ0v) is 14.8. The van der Waals surface area contributed by atoms with Crippen molar-refractivity contribution in [3.63, 3.8) is 0 Å². The smallest absolute Gasteiger partial charge is 0.256 e. The molecule has 0 radical (unpaired) electrons. The first kappa shape index (κ1) is 17.6. The molecule has 1 aliphatic rings. The lowest BCUT2D eigenvalue weighted by atomic mass is 9.99. The van der Waals surface area contributed by atoms with E-state index in [1.807, 2.05) is 23.1 Å². The Hall–Kier alpha value is -1.71. The topological polar surface area (TPSA) is 49.6 Å². The highest BCUT2D eigenvalue weighted by Gasteiger charge is 2.25. The molecule has 4 heteroatoms. The number of benzene rings is 1. The summed E-state index contributed by atoms with van der Waals surface area (Å²) in [5.74, 6) is 0.718. The van der Waals surface area contributed by atoms with Crippen LogP contribution in [0.25, 0.3) is 0 Å². The van der Waals surface area contributed by atoms with Crippen LogP contribution in [0.15, 0.2) is 18.2 Å². The monoisotopic (exact) mass is 317 g/mol. The van der Waals surface area contributed by atoms with Crippen LogP contribution >= 0.6 is 0 Å². The van der Waals surface area contributed by atoms with E-state index in [1.165, 1.54) is 6.42 Å². The number of carbonyl (C=O) groups is 1. The van der Waals surface area contributed by atoms with Crippen LogP contribution < -0.4 is 10.6 Å². The second-order valence-corrected chi connectivity index (χ2v) is 6.76. The minimum Gasteiger partial charge on any atom is -0.399 e. The SMILES string of the molecule is CCCN(CCC)c1ccc(N)cc1C(=O)N1CCC[C@@H](C)C1. The van der Waals surface area contributed by atoms with E-state index in [1.54, 1.807) is 0 Å². The Kier molecular flexibility index (Phi) is 6.31. The van der Waals surface area contributed by atoms with Crippen molar-refractivity contribution in [2.45, 2.75) is 46.5 Å². The average molecular weight is 317 g/mol. The zero-order valence-electron chi connectivity index (χ0n) is 14.8. The third kappa shape index (κ3) is 4.40. The maximum atomic E-state index is 13.1. The maximum Gasteiger partial charge on any atom is 0.256 e. The van der Waals surface area contributed by atoms with Crippen LogP contribution in [0.4, 0.5) is 11.4 Å². The van der Waals surface area contributed by atoms with Gasteiger partial charge >= 0.3 is 0 Å². The minimum absolute atomic E-state index is 0.135. The average Bonchev–Trinajstić information content (AvgIpc) is 2.54. The van der Waals surface area contributed by atoms with Gasteiger partial charge in [-0.2, -0.15) is 0 Å². The number of carbonyl (C=O) groups excluding carboxylic acids is 1. The van der Waals surface area contributed by atoms with Gasteiger partial charge in [-0.15, -0.1) is 0 Å². The zero-order chi connectivity index (χ0) is 16.8. The fourth-order valence-corrected chi connectivity index (χ4v) is 3.44. The molecule has 0 unspecified atom stereocenters. The van der Waals surface area contributed by atoms with Crippen molar-refractivity contribution in [2.75, 3.05) is 36.8 Å². The summed E-state index contributed by atoms with van der Waals surface area (Å²) >= 11 is 0. The number of hydrogen-bond acceptors (Lipinski definition) is 3. The van der Waals surface area contributed by atoms with Gasteiger partial charge < -0.3 is 15.5 Å². The Labute approximate surface area is 140 Å². The molecular weight excluding hydrogens is 286 g/mol. The first-order chi connectivity index (χ1) is 11.1. The van der Waals surface area contributed by atoms with Crippen LogP contribution in [-0.2, 0) is 0 Å². The lowest BCUT2D eigenvalue weighted by Crippen LogP contribution is -2.40. The number of piperidine rings is 1. The van der Waals surface area contributed by atoms with Gasteiger partial charge in [0.15, 0.2) is 0 Å². The number of nitrogens with zero attached hydrogens (tertiary/aromatic N) is 2. The van der Waals surface area contributed by atoms with E-state index in [9.17, 15) is 4.79 Å². The third-order valence-corrected chi connectivity index (χ3v) is 4.52. The molecule has 0 spiro atoms. The molecule has 1 atom stereocenters. The first-order valence-electron chi connectivity index (χ1n) is 9.00. The predicted molar refractivity (Wildman–Crippen MR) is 98.0 cm³/mol. The predicted octanol–water partition coefficient (Wildman–Crippen LogP) is 3.77. The van der Waals surface area contributed by atoms with E-state index in [0.717, 1.165) is 56.7 Å². The lowest BCUT2D eigenvalue weighted by Gasteiger charge is -2.33. The van der Waals surface area contributed by atoms with Gasteiger partial charge in [-0.05, 0) is 49.8 Å². The van der Waals surface area contributed by atoms with E-state index < -0.39 is 0 Å². The molecule has 1 aromatic carbocycles. The maximum absolute atomic E-state index is 13.1. The van der Waals surface area contributed by atoms with Crippen molar-refractivity contribution in [2.24, 2.45) is 5.92 Å². The lowest BCUT2D eigenvalue weighted by molar-refractivity contribution is 0.0683. The molecule has 2 rings (SSSR count). The van der Waals surface area contributed by atoms with Crippen molar-refractivity contribution < 1.29 is 4.79 Å². The van der Waals surface area contributed by atoms with Crippen molar-refractivity contribution in [1.82, 2.24) is 4.90 Å². The third-order valence-electron chi connectivity index (χ3n) is 4.52. The Morgan fingerprint density at radius 1 is 1.30 bits per heavy atom. The van der Waals surface area contributed by atoms with Gasteiger partial charge in [-0.1, -0.05) is 20.8 Å². The quantitative estimate of drug-likeness (QED) is 0.813. The van der Waals surface area contributed by atoms with Gasteiger partial charge in [-0.3, -0.25) is 4.79 Å². The van der Waals surface area contributed by atoms with Crippen LogP contribution in [0.2, 0.25) is 0 Å². The molecule has 2 N–H and O–H groups in total. The van der Waals surface area contributed by atoms with E-state index in [0.29, 0.717) is 11.6 Å². The van der Waals surface area contributed by atoms with Crippen molar-refractivity contribution in [3.8, 4) is 0 Å². The van der Waals surface area contributed by atoms with Gasteiger partial charge in [0.25, 0.3) is 5.91 Å². The summed E-state index contributed by atoms with van der Waals surface area (Å²) in [4.78, 5) is 17.4. The second kappa shape index (κ2) is 8.23. The van der Waals surface area contributed by atoms with Gasteiger partial charge in [0.2, 0.25) is 0 Å². The Morgan fingerprint density at radius 2 is 2.00 bits per heavy atom. The molecule has 0 aromatic heterocycles. The fraction of sp³-hybridized carbons (Fsp3) is 0.632. The number of likely N-dealkylation sites (tertiary alicyclic amines) is 1. The first-order valence-corrected chi connectivity index (χ1v) is 9.00. The molecule has 0 saturated carbocycles. The molecule has 1 aromatic rings. The molecule has 0 bridgehead atoms. The number of rotatable bonds is 6. The van der Waals surface area contributed by atoms with E-state index in [-0.39, 0.29) is 5.91 Å². The standard InChI is InChI=1S/C19H31N3O/c1-4-10-21(11-5-2)18-9-8-16(20)13-17(18)19(23)22-12-6-7-15(3)14-22/h8-9,13,15H,4-7,10-12,14,20H2,1-3H3/t15-/m1/s1. The Balaban J connectivity index is 2.31. The van der Waals surface area contributed by atoms with Crippen molar-refractivity contribution in [1.29, 1.82) is 0 Å². The van der Waals surface area contributed by atoms with Crippen molar-refractivity contribution in [3.05, 3.63) is 23.8 Å². The summed E-state index contributed by atoms with van der Waals surface area (Å²) < 4.78 is 0. The van der Waals surface area contributed by atoms with Crippen LogP contribution in [0, 0.1) is 5.92 Å². The summed E-state index contributed by atoms with van der Waals surface area (Å²) in [5.41, 5.74) is 8.44. The molecule has 128 valence electrons. The number of nitrogen functional groups attached to an aromatic ring is 1. The summed E-state index contributed by atoms with van der Waals surface area (Å²) in [7, 11) is 0. The molecule has 1 fully saturated rings. The van der Waals surface area contributed by atoms with Gasteiger partial charge in [0, 0.05) is 37.6 Å². The van der Waals surface area contributed by atoms with E-state index in [2.05, 4.69) is 25.7 Å². The number of amides is 1. The Morgan fingerprint density at radius 3 is 2.61 bits per heavy atom. The second-order valence-electron chi connectivity index (χ2n) is 6.76. The van der Waals surface area contributed by atoms with Crippen LogP contribution in [0.3, 0.4) is 0 Å². The highest BCUT2D eigenvalue weighted by Crippen LogP contribution is 2.27. The van der Waals surface area contributed by atoms with Gasteiger partial charge in [0.05, 0.1) is 5.56 Å². The number of anilines is 2. The molecule has 4 nitrogen and oxygen atoms in total. The summed E-state index contributed by atoms with van der Waals surface area (Å²) in [6.07, 6.45) is 4.45. The largest absolute Gasteiger partial charge is 0.399 e. The van der Waals surface area contributed by atoms with Crippen LogP contribution in [-0.4, -0.2) is 37.0 Å². The highest BCUT2D eigenvalue weighted by atomic mass is 16.2. The number of nitrogens with two attached hydrogens (primary N) is 1. The minimum atomic E-state index is 0.135. The van der Waals surface area contributed by atoms with Gasteiger partial charge in [-0.25, -0.2) is 0 Å². The molecule has 1 saturated heterocycles. The van der Waals surface area contributed by atoms with E-state index in [4.69, 9.17) is 5.73 Å². The molecule has 1 heterocycles.